The third-order valence-corrected chi connectivity index (χ3v) is 3.59. The summed E-state index contributed by atoms with van der Waals surface area (Å²) >= 11 is 1.46. The molecular weight excluding hydrogens is 307 g/mol. The van der Waals surface area contributed by atoms with E-state index >= 15 is 0 Å². The number of thiophene rings is 1. The van der Waals surface area contributed by atoms with Crippen LogP contribution >= 0.6 is 11.3 Å². The number of amides is 1. The Bertz CT molecular complexity index is 719. The predicted molar refractivity (Wildman–Crippen MR) is 79.5 cm³/mol. The normalized spacial score (nSPS) is 12.1. The number of carbonyl (C=O) groups excluding carboxylic acids is 1. The van der Waals surface area contributed by atoms with Crippen molar-refractivity contribution >= 4 is 23.1 Å². The fourth-order valence-corrected chi connectivity index (χ4v) is 2.34. The second-order valence-corrected chi connectivity index (χ2v) is 5.31. The van der Waals surface area contributed by atoms with Crippen LogP contribution in [0.25, 0.3) is 16.5 Å². The molecule has 3 aromatic heterocycles. The number of rotatable bonds is 4. The smallest absolute Gasteiger partial charge is 0.259 e. The molecule has 1 atom stereocenters. The van der Waals surface area contributed by atoms with Crippen LogP contribution in [0.2, 0.25) is 0 Å². The van der Waals surface area contributed by atoms with Crippen molar-refractivity contribution in [2.24, 2.45) is 0 Å². The first-order chi connectivity index (χ1) is 10.6. The van der Waals surface area contributed by atoms with Gasteiger partial charge >= 0.3 is 0 Å². The first-order valence-corrected chi connectivity index (χ1v) is 7.24. The van der Waals surface area contributed by atoms with E-state index < -0.39 is 12.1 Å². The molecule has 0 spiro atoms. The van der Waals surface area contributed by atoms with E-state index in [4.69, 9.17) is 0 Å². The molecule has 3 rings (SSSR count). The summed E-state index contributed by atoms with van der Waals surface area (Å²) in [6, 6.07) is 5.23. The van der Waals surface area contributed by atoms with E-state index in [2.05, 4.69) is 25.4 Å². The molecule has 0 aliphatic carbocycles. The predicted octanol–water partition coefficient (Wildman–Crippen LogP) is 2.08. The lowest BCUT2D eigenvalue weighted by Crippen LogP contribution is -2.22. The molecule has 0 radical (unpaired) electrons. The Kier molecular flexibility index (Phi) is 3.88. The van der Waals surface area contributed by atoms with Crippen LogP contribution in [0, 0.1) is 0 Å². The molecule has 1 N–H and O–H groups in total. The molecule has 0 aliphatic heterocycles. The quantitative estimate of drug-likeness (QED) is 0.796. The summed E-state index contributed by atoms with van der Waals surface area (Å²) in [5.41, 5.74) is 0. The highest BCUT2D eigenvalue weighted by Crippen LogP contribution is 2.23. The van der Waals surface area contributed by atoms with Gasteiger partial charge in [0.2, 0.25) is 0 Å². The molecule has 3 heterocycles. The topological polar surface area (TPSA) is 85.6 Å². The summed E-state index contributed by atoms with van der Waals surface area (Å²) in [6.45, 7) is 1.16. The fourth-order valence-electron chi connectivity index (χ4n) is 1.68. The van der Waals surface area contributed by atoms with Crippen LogP contribution in [0.1, 0.15) is 6.92 Å². The molecule has 0 bridgehead atoms. The summed E-state index contributed by atoms with van der Waals surface area (Å²) in [5.74, 6) is 0.293. The van der Waals surface area contributed by atoms with Gasteiger partial charge < -0.3 is 5.32 Å². The van der Waals surface area contributed by atoms with Crippen molar-refractivity contribution in [2.75, 3.05) is 5.32 Å². The highest BCUT2D eigenvalue weighted by Gasteiger charge is 2.15. The van der Waals surface area contributed by atoms with E-state index in [1.807, 2.05) is 17.5 Å². The molecule has 3 aromatic rings. The van der Waals surface area contributed by atoms with Gasteiger partial charge in [-0.15, -0.1) is 11.3 Å². The minimum atomic E-state index is -1.63. The number of carbonyl (C=O) groups is 1. The number of aromatic nitrogens is 5. The monoisotopic (exact) mass is 318 g/mol. The van der Waals surface area contributed by atoms with Crippen LogP contribution in [0.5, 0.6) is 0 Å². The third kappa shape index (κ3) is 2.98. The number of alkyl halides is 1. The molecular formula is C13H11FN6OS. The minimum Gasteiger partial charge on any atom is -0.308 e. The summed E-state index contributed by atoms with van der Waals surface area (Å²) in [5, 5.41) is 8.31. The lowest BCUT2D eigenvalue weighted by Gasteiger charge is -2.09. The second-order valence-electron chi connectivity index (χ2n) is 4.36. The highest BCUT2D eigenvalue weighted by atomic mass is 32.1. The zero-order chi connectivity index (χ0) is 15.5. The molecule has 0 aliphatic rings. The Morgan fingerprint density at radius 1 is 1.45 bits per heavy atom. The highest BCUT2D eigenvalue weighted by molar-refractivity contribution is 7.13. The molecule has 0 fully saturated rings. The van der Waals surface area contributed by atoms with Crippen LogP contribution < -0.4 is 5.32 Å². The third-order valence-electron chi connectivity index (χ3n) is 2.72. The van der Waals surface area contributed by atoms with Crippen LogP contribution in [0.15, 0.2) is 36.2 Å². The summed E-state index contributed by atoms with van der Waals surface area (Å²) in [4.78, 5) is 24.8. The fraction of sp³-hybridized carbons (Fsp3) is 0.154. The standard InChI is InChI=1S/C13H11FN6OS/c1-8(14)13(21)18-10-5-11(20-7-15-6-16-20)19-12(17-10)9-3-2-4-22-9/h2-8H,1H3,(H,17,18,19,21). The number of nitrogens with one attached hydrogen (secondary N) is 1. The van der Waals surface area contributed by atoms with E-state index in [0.717, 1.165) is 11.8 Å². The molecule has 0 aromatic carbocycles. The zero-order valence-corrected chi connectivity index (χ0v) is 12.3. The van der Waals surface area contributed by atoms with E-state index in [-0.39, 0.29) is 5.82 Å². The van der Waals surface area contributed by atoms with Gasteiger partial charge in [0.05, 0.1) is 4.88 Å². The van der Waals surface area contributed by atoms with Crippen LogP contribution in [-0.4, -0.2) is 36.8 Å². The number of nitrogens with zero attached hydrogens (tertiary/aromatic N) is 5. The molecule has 0 saturated carbocycles. The Hall–Kier alpha value is -2.68. The lowest BCUT2D eigenvalue weighted by atomic mass is 10.4. The van der Waals surface area contributed by atoms with Gasteiger partial charge in [0.1, 0.15) is 18.5 Å². The Labute approximate surface area is 128 Å². The summed E-state index contributed by atoms with van der Waals surface area (Å²) in [7, 11) is 0. The van der Waals surface area contributed by atoms with Crippen molar-refractivity contribution in [1.29, 1.82) is 0 Å². The first-order valence-electron chi connectivity index (χ1n) is 6.36. The summed E-state index contributed by atoms with van der Waals surface area (Å²) < 4.78 is 14.5. The zero-order valence-electron chi connectivity index (χ0n) is 11.5. The van der Waals surface area contributed by atoms with Crippen molar-refractivity contribution < 1.29 is 9.18 Å². The van der Waals surface area contributed by atoms with Gasteiger partial charge in [0.15, 0.2) is 17.8 Å². The van der Waals surface area contributed by atoms with Crippen molar-refractivity contribution in [2.45, 2.75) is 13.1 Å². The van der Waals surface area contributed by atoms with Gasteiger partial charge in [-0.1, -0.05) is 6.07 Å². The maximum atomic E-state index is 13.0. The lowest BCUT2D eigenvalue weighted by molar-refractivity contribution is -0.120. The second kappa shape index (κ2) is 5.98. The Balaban J connectivity index is 2.04. The number of anilines is 1. The van der Waals surface area contributed by atoms with Crippen LogP contribution in [0.4, 0.5) is 10.2 Å². The van der Waals surface area contributed by atoms with Crippen molar-refractivity contribution in [3.63, 3.8) is 0 Å². The number of hydrogen-bond acceptors (Lipinski definition) is 6. The number of halogens is 1. The van der Waals surface area contributed by atoms with E-state index in [0.29, 0.717) is 11.6 Å². The maximum Gasteiger partial charge on any atom is 0.259 e. The average molecular weight is 318 g/mol. The minimum absolute atomic E-state index is 0.207. The van der Waals surface area contributed by atoms with E-state index in [1.54, 1.807) is 0 Å². The van der Waals surface area contributed by atoms with Gasteiger partial charge in [-0.05, 0) is 18.4 Å². The van der Waals surface area contributed by atoms with Gasteiger partial charge in [-0.2, -0.15) is 5.10 Å². The van der Waals surface area contributed by atoms with Crippen molar-refractivity contribution in [3.05, 3.63) is 36.2 Å². The van der Waals surface area contributed by atoms with Gasteiger partial charge in [-0.25, -0.2) is 24.0 Å². The SMILES string of the molecule is CC(F)C(=O)Nc1cc(-n2cncn2)nc(-c2cccs2)n1. The molecule has 112 valence electrons. The molecule has 1 unspecified atom stereocenters. The number of hydrogen-bond donors (Lipinski definition) is 1. The van der Waals surface area contributed by atoms with Gasteiger partial charge in [0, 0.05) is 6.07 Å². The Morgan fingerprint density at radius 3 is 2.95 bits per heavy atom. The first kappa shape index (κ1) is 14.3. The van der Waals surface area contributed by atoms with Gasteiger partial charge in [-0.3, -0.25) is 4.79 Å². The molecule has 1 amide bonds. The molecule has 22 heavy (non-hydrogen) atoms. The van der Waals surface area contributed by atoms with Crippen molar-refractivity contribution in [1.82, 2.24) is 24.7 Å². The van der Waals surface area contributed by atoms with E-state index in [1.165, 1.54) is 34.7 Å². The average Bonchev–Trinajstić information content (AvgIpc) is 3.20. The van der Waals surface area contributed by atoms with E-state index in [9.17, 15) is 9.18 Å². The molecule has 7 nitrogen and oxygen atoms in total. The molecule has 9 heteroatoms. The largest absolute Gasteiger partial charge is 0.308 e. The summed E-state index contributed by atoms with van der Waals surface area (Å²) in [6.07, 6.45) is 1.22. The van der Waals surface area contributed by atoms with Crippen molar-refractivity contribution in [3.8, 4) is 16.5 Å². The molecule has 0 saturated heterocycles. The van der Waals surface area contributed by atoms with Crippen LogP contribution in [-0.2, 0) is 4.79 Å². The maximum absolute atomic E-state index is 13.0. The Morgan fingerprint density at radius 2 is 2.32 bits per heavy atom. The van der Waals surface area contributed by atoms with Crippen LogP contribution in [0.3, 0.4) is 0 Å². The van der Waals surface area contributed by atoms with Gasteiger partial charge in [0.25, 0.3) is 5.91 Å².